The van der Waals surface area contributed by atoms with Crippen LogP contribution in [-0.2, 0) is 0 Å². The summed E-state index contributed by atoms with van der Waals surface area (Å²) in [6, 6.07) is 4.42. The largest absolute Gasteiger partial charge is 0.323 e. The first-order valence-corrected chi connectivity index (χ1v) is 5.32. The van der Waals surface area contributed by atoms with E-state index >= 15 is 0 Å². The molecule has 0 aromatic heterocycles. The average Bonchev–Trinajstić information content (AvgIpc) is 2.06. The average molecular weight is 297 g/mol. The first-order chi connectivity index (χ1) is 6.32. The third kappa shape index (κ3) is 3.74. The van der Waals surface area contributed by atoms with Crippen LogP contribution in [0.2, 0.25) is 0 Å². The summed E-state index contributed by atoms with van der Waals surface area (Å²) in [6.45, 7) is 6.11. The van der Waals surface area contributed by atoms with Crippen LogP contribution in [0.4, 0.5) is 4.39 Å². The molecule has 0 unspecified atom stereocenters. The highest BCUT2D eigenvalue weighted by Crippen LogP contribution is 2.34. The van der Waals surface area contributed by atoms with Crippen LogP contribution in [0.5, 0.6) is 0 Å². The van der Waals surface area contributed by atoms with E-state index in [2.05, 4.69) is 15.9 Å². The molecule has 15 heavy (non-hydrogen) atoms. The quantitative estimate of drug-likeness (QED) is 0.831. The molecule has 1 aromatic rings. The molecule has 0 saturated carbocycles. The van der Waals surface area contributed by atoms with Crippen molar-refractivity contribution in [3.05, 3.63) is 34.1 Å². The van der Waals surface area contributed by atoms with Gasteiger partial charge in [-0.3, -0.25) is 0 Å². The third-order valence-electron chi connectivity index (χ3n) is 2.23. The second-order valence-corrected chi connectivity index (χ2v) is 5.36. The van der Waals surface area contributed by atoms with E-state index in [4.69, 9.17) is 5.73 Å². The van der Waals surface area contributed by atoms with Gasteiger partial charge in [0, 0.05) is 10.5 Å². The molecule has 0 bridgehead atoms. The van der Waals surface area contributed by atoms with Gasteiger partial charge in [-0.15, -0.1) is 12.4 Å². The summed E-state index contributed by atoms with van der Waals surface area (Å²) in [7, 11) is 0. The topological polar surface area (TPSA) is 26.0 Å². The summed E-state index contributed by atoms with van der Waals surface area (Å²) in [4.78, 5) is 0. The molecule has 0 fully saturated rings. The Hall–Kier alpha value is -0.120. The number of halogens is 3. The fraction of sp³-hybridized carbons (Fsp3) is 0.455. The number of hydrogen-bond acceptors (Lipinski definition) is 1. The van der Waals surface area contributed by atoms with Crippen LogP contribution in [0.1, 0.15) is 32.4 Å². The molecule has 1 atom stereocenters. The molecule has 1 nitrogen and oxygen atoms in total. The Morgan fingerprint density at radius 3 is 2.33 bits per heavy atom. The van der Waals surface area contributed by atoms with Crippen LogP contribution < -0.4 is 5.73 Å². The highest BCUT2D eigenvalue weighted by Gasteiger charge is 2.24. The lowest BCUT2D eigenvalue weighted by Crippen LogP contribution is -2.26. The number of nitrogens with two attached hydrogens (primary N) is 1. The van der Waals surface area contributed by atoms with Crippen LogP contribution in [0.3, 0.4) is 0 Å². The van der Waals surface area contributed by atoms with E-state index < -0.39 is 0 Å². The minimum Gasteiger partial charge on any atom is -0.323 e. The van der Waals surface area contributed by atoms with E-state index in [1.54, 1.807) is 6.07 Å². The Morgan fingerprint density at radius 1 is 1.33 bits per heavy atom. The fourth-order valence-corrected chi connectivity index (χ4v) is 1.71. The van der Waals surface area contributed by atoms with Crippen LogP contribution in [0.25, 0.3) is 0 Å². The zero-order chi connectivity index (χ0) is 10.9. The molecule has 4 heteroatoms. The van der Waals surface area contributed by atoms with E-state index in [0.717, 1.165) is 10.0 Å². The minimum absolute atomic E-state index is 0. The van der Waals surface area contributed by atoms with E-state index in [-0.39, 0.29) is 29.7 Å². The van der Waals surface area contributed by atoms with Gasteiger partial charge in [-0.1, -0.05) is 36.7 Å². The second kappa shape index (κ2) is 5.28. The molecule has 0 aliphatic heterocycles. The smallest absolute Gasteiger partial charge is 0.123 e. The molecule has 0 spiro atoms. The maximum absolute atomic E-state index is 13.0. The maximum Gasteiger partial charge on any atom is 0.123 e. The number of benzene rings is 1. The van der Waals surface area contributed by atoms with Crippen LogP contribution in [0, 0.1) is 11.2 Å². The van der Waals surface area contributed by atoms with Gasteiger partial charge in [0.1, 0.15) is 5.82 Å². The zero-order valence-electron chi connectivity index (χ0n) is 9.05. The monoisotopic (exact) mass is 295 g/mol. The predicted octanol–water partition coefficient (Wildman–Crippen LogP) is 4.06. The molecule has 0 amide bonds. The van der Waals surface area contributed by atoms with Gasteiger partial charge >= 0.3 is 0 Å². The van der Waals surface area contributed by atoms with E-state index in [9.17, 15) is 4.39 Å². The maximum atomic E-state index is 13.0. The van der Waals surface area contributed by atoms with Crippen molar-refractivity contribution in [2.45, 2.75) is 26.8 Å². The van der Waals surface area contributed by atoms with Gasteiger partial charge in [0.15, 0.2) is 0 Å². The first-order valence-electron chi connectivity index (χ1n) is 4.53. The number of hydrogen-bond donors (Lipinski definition) is 1. The van der Waals surface area contributed by atoms with Crippen molar-refractivity contribution in [2.24, 2.45) is 11.1 Å². The van der Waals surface area contributed by atoms with Gasteiger partial charge in [0.25, 0.3) is 0 Å². The third-order valence-corrected chi connectivity index (χ3v) is 2.95. The molecule has 86 valence electrons. The van der Waals surface area contributed by atoms with Crippen LogP contribution in [0.15, 0.2) is 22.7 Å². The molecule has 0 heterocycles. The lowest BCUT2D eigenvalue weighted by molar-refractivity contribution is 0.325. The summed E-state index contributed by atoms with van der Waals surface area (Å²) in [5.74, 6) is -0.247. The molecule has 1 rings (SSSR count). The molecule has 2 N–H and O–H groups in total. The van der Waals surface area contributed by atoms with Crippen LogP contribution >= 0.6 is 28.3 Å². The molecular weight excluding hydrogens is 280 g/mol. The predicted molar refractivity (Wildman–Crippen MR) is 67.7 cm³/mol. The van der Waals surface area contributed by atoms with Crippen molar-refractivity contribution >= 4 is 28.3 Å². The van der Waals surface area contributed by atoms with Gasteiger partial charge in [-0.25, -0.2) is 4.39 Å². The van der Waals surface area contributed by atoms with Crippen molar-refractivity contribution in [3.8, 4) is 0 Å². The van der Waals surface area contributed by atoms with Crippen molar-refractivity contribution in [3.63, 3.8) is 0 Å². The standard InChI is InChI=1S/C11H15BrFN.ClH/c1-11(2,3)10(14)8-6-7(13)4-5-9(8)12;/h4-6,10H,14H2,1-3H3;1H/t10-;/m1./s1. The Morgan fingerprint density at radius 2 is 1.87 bits per heavy atom. The van der Waals surface area contributed by atoms with E-state index in [1.807, 2.05) is 20.8 Å². The van der Waals surface area contributed by atoms with Gasteiger partial charge in [-0.05, 0) is 29.2 Å². The van der Waals surface area contributed by atoms with E-state index in [1.165, 1.54) is 12.1 Å². The first kappa shape index (κ1) is 14.9. The Bertz CT molecular complexity index is 336. The van der Waals surface area contributed by atoms with Crippen molar-refractivity contribution in [1.29, 1.82) is 0 Å². The van der Waals surface area contributed by atoms with E-state index in [0.29, 0.717) is 0 Å². The minimum atomic E-state index is -0.247. The summed E-state index contributed by atoms with van der Waals surface area (Å²) in [5, 5.41) is 0. The fourth-order valence-electron chi connectivity index (χ4n) is 1.22. The second-order valence-electron chi connectivity index (χ2n) is 4.51. The molecule has 0 aliphatic rings. The summed E-state index contributed by atoms with van der Waals surface area (Å²) in [6.07, 6.45) is 0. The normalized spacial score (nSPS) is 13.2. The summed E-state index contributed by atoms with van der Waals surface area (Å²) >= 11 is 3.38. The Labute approximate surface area is 105 Å². The molecule has 0 saturated heterocycles. The highest BCUT2D eigenvalue weighted by atomic mass is 79.9. The summed E-state index contributed by atoms with van der Waals surface area (Å²) < 4.78 is 13.9. The lowest BCUT2D eigenvalue weighted by Gasteiger charge is -2.28. The lowest BCUT2D eigenvalue weighted by atomic mass is 9.83. The van der Waals surface area contributed by atoms with Crippen LogP contribution in [-0.4, -0.2) is 0 Å². The Kier molecular flexibility index (Phi) is 5.24. The summed E-state index contributed by atoms with van der Waals surface area (Å²) in [5.41, 5.74) is 6.79. The van der Waals surface area contributed by atoms with Gasteiger partial charge in [0.2, 0.25) is 0 Å². The zero-order valence-corrected chi connectivity index (χ0v) is 11.5. The molecule has 1 aromatic carbocycles. The Balaban J connectivity index is 0.00000196. The van der Waals surface area contributed by atoms with Crippen molar-refractivity contribution in [2.75, 3.05) is 0 Å². The SMILES string of the molecule is CC(C)(C)[C@H](N)c1cc(F)ccc1Br.Cl. The number of rotatable bonds is 1. The molecular formula is C11H16BrClFN. The molecule has 0 radical (unpaired) electrons. The van der Waals surface area contributed by atoms with Gasteiger partial charge in [-0.2, -0.15) is 0 Å². The van der Waals surface area contributed by atoms with Crippen molar-refractivity contribution < 1.29 is 4.39 Å². The van der Waals surface area contributed by atoms with Gasteiger partial charge < -0.3 is 5.73 Å². The highest BCUT2D eigenvalue weighted by molar-refractivity contribution is 9.10. The van der Waals surface area contributed by atoms with Gasteiger partial charge in [0.05, 0.1) is 0 Å². The molecule has 0 aliphatic carbocycles. The van der Waals surface area contributed by atoms with Crippen molar-refractivity contribution in [1.82, 2.24) is 0 Å².